The summed E-state index contributed by atoms with van der Waals surface area (Å²) in [7, 11) is 5.47. The van der Waals surface area contributed by atoms with Crippen molar-refractivity contribution in [2.24, 2.45) is 11.3 Å². The lowest BCUT2D eigenvalue weighted by molar-refractivity contribution is -0.130. The van der Waals surface area contributed by atoms with E-state index in [9.17, 15) is 4.79 Å². The third-order valence-electron chi connectivity index (χ3n) is 6.58. The molecule has 0 aromatic heterocycles. The first kappa shape index (κ1) is 18.2. The summed E-state index contributed by atoms with van der Waals surface area (Å²) in [5, 5.41) is 0. The summed E-state index contributed by atoms with van der Waals surface area (Å²) < 4.78 is 5.45. The van der Waals surface area contributed by atoms with Crippen LogP contribution in [-0.2, 0) is 9.53 Å². The Kier molecular flexibility index (Phi) is 5.83. The molecule has 5 heteroatoms. The van der Waals surface area contributed by atoms with Gasteiger partial charge in [-0.05, 0) is 56.5 Å². The number of carbonyl (C=O) groups excluding carboxylic acids is 1. The van der Waals surface area contributed by atoms with Gasteiger partial charge in [-0.1, -0.05) is 6.42 Å². The third-order valence-corrected chi connectivity index (χ3v) is 6.58. The van der Waals surface area contributed by atoms with Crippen molar-refractivity contribution in [2.45, 2.75) is 44.6 Å². The average Bonchev–Trinajstić information content (AvgIpc) is 2.83. The zero-order chi connectivity index (χ0) is 17.2. The molecule has 3 aliphatic rings. The molecule has 0 N–H and O–H groups in total. The number of hydrogen-bond donors (Lipinski definition) is 0. The van der Waals surface area contributed by atoms with Crippen LogP contribution >= 0.6 is 0 Å². The number of nitrogens with zero attached hydrogens (tertiary/aromatic N) is 3. The van der Waals surface area contributed by atoms with Gasteiger partial charge >= 0.3 is 0 Å². The van der Waals surface area contributed by atoms with Gasteiger partial charge in [0, 0.05) is 40.3 Å². The molecule has 0 aromatic carbocycles. The maximum absolute atomic E-state index is 12.2. The minimum atomic E-state index is 0.204. The van der Waals surface area contributed by atoms with E-state index >= 15 is 0 Å². The Morgan fingerprint density at radius 3 is 2.50 bits per heavy atom. The fourth-order valence-electron chi connectivity index (χ4n) is 4.72. The van der Waals surface area contributed by atoms with Gasteiger partial charge in [0.25, 0.3) is 0 Å². The van der Waals surface area contributed by atoms with Crippen LogP contribution in [-0.4, -0.2) is 87.2 Å². The predicted octanol–water partition coefficient (Wildman–Crippen LogP) is 1.68. The first-order chi connectivity index (χ1) is 11.5. The number of rotatable bonds is 6. The molecular weight excluding hydrogens is 302 g/mol. The largest absolute Gasteiger partial charge is 0.383 e. The van der Waals surface area contributed by atoms with Crippen molar-refractivity contribution in [2.75, 3.05) is 60.5 Å². The Labute approximate surface area is 147 Å². The molecule has 3 fully saturated rings. The van der Waals surface area contributed by atoms with E-state index in [4.69, 9.17) is 4.74 Å². The van der Waals surface area contributed by atoms with Crippen molar-refractivity contribution in [1.82, 2.24) is 14.7 Å². The highest BCUT2D eigenvalue weighted by Gasteiger charge is 2.46. The molecule has 1 atom stereocenters. The van der Waals surface area contributed by atoms with Gasteiger partial charge < -0.3 is 14.5 Å². The maximum atomic E-state index is 12.2. The van der Waals surface area contributed by atoms with E-state index < -0.39 is 0 Å². The van der Waals surface area contributed by atoms with E-state index in [-0.39, 0.29) is 5.91 Å². The monoisotopic (exact) mass is 337 g/mol. The summed E-state index contributed by atoms with van der Waals surface area (Å²) in [5.74, 6) is 1.17. The molecule has 2 heterocycles. The molecule has 5 nitrogen and oxygen atoms in total. The van der Waals surface area contributed by atoms with Gasteiger partial charge in [0.2, 0.25) is 5.91 Å². The summed E-state index contributed by atoms with van der Waals surface area (Å²) in [6, 6.07) is 0.400. The topological polar surface area (TPSA) is 36.0 Å². The van der Waals surface area contributed by atoms with Crippen molar-refractivity contribution in [3.05, 3.63) is 0 Å². The molecule has 1 spiro atoms. The van der Waals surface area contributed by atoms with Gasteiger partial charge in [-0.2, -0.15) is 0 Å². The molecule has 138 valence electrons. The van der Waals surface area contributed by atoms with Crippen LogP contribution in [0.5, 0.6) is 0 Å². The fourth-order valence-corrected chi connectivity index (χ4v) is 4.72. The van der Waals surface area contributed by atoms with Crippen molar-refractivity contribution >= 4 is 5.91 Å². The number of likely N-dealkylation sites (N-methyl/N-ethyl adjacent to an activating group) is 1. The highest BCUT2D eigenvalue weighted by molar-refractivity contribution is 5.77. The molecule has 24 heavy (non-hydrogen) atoms. The highest BCUT2D eigenvalue weighted by atomic mass is 16.5. The second-order valence-corrected chi connectivity index (χ2v) is 8.60. The first-order valence-electron chi connectivity index (χ1n) is 9.67. The van der Waals surface area contributed by atoms with E-state index in [1.165, 1.54) is 58.2 Å². The minimum Gasteiger partial charge on any atom is -0.383 e. The quantitative estimate of drug-likeness (QED) is 0.739. The number of hydrogen-bond acceptors (Lipinski definition) is 4. The third kappa shape index (κ3) is 4.12. The smallest absolute Gasteiger partial charge is 0.236 e. The van der Waals surface area contributed by atoms with E-state index in [2.05, 4.69) is 9.80 Å². The summed E-state index contributed by atoms with van der Waals surface area (Å²) >= 11 is 0. The van der Waals surface area contributed by atoms with E-state index in [0.717, 1.165) is 19.1 Å². The molecule has 1 aliphatic carbocycles. The zero-order valence-corrected chi connectivity index (χ0v) is 15.8. The second-order valence-electron chi connectivity index (χ2n) is 8.60. The summed E-state index contributed by atoms with van der Waals surface area (Å²) in [6.07, 6.45) is 8.09. The standard InChI is InChI=1S/C19H35N3O2/c1-20(2)18(23)13-22-15-19(11-17(22)14-24-3)7-9-21(10-8-19)12-16-5-4-6-16/h16-17H,4-15H2,1-3H3. The lowest BCUT2D eigenvalue weighted by atomic mass is 9.76. The fraction of sp³-hybridized carbons (Fsp3) is 0.947. The highest BCUT2D eigenvalue weighted by Crippen LogP contribution is 2.43. The number of likely N-dealkylation sites (tertiary alicyclic amines) is 2. The van der Waals surface area contributed by atoms with Crippen LogP contribution in [0.2, 0.25) is 0 Å². The van der Waals surface area contributed by atoms with Gasteiger partial charge in [-0.25, -0.2) is 0 Å². The number of amides is 1. The second kappa shape index (κ2) is 7.71. The average molecular weight is 338 g/mol. The Balaban J connectivity index is 1.55. The minimum absolute atomic E-state index is 0.204. The number of carbonyl (C=O) groups is 1. The van der Waals surface area contributed by atoms with Crippen LogP contribution in [0.4, 0.5) is 0 Å². The molecule has 1 amide bonds. The maximum Gasteiger partial charge on any atom is 0.236 e. The number of piperidine rings is 1. The zero-order valence-electron chi connectivity index (χ0n) is 15.8. The van der Waals surface area contributed by atoms with Gasteiger partial charge in [0.05, 0.1) is 13.2 Å². The van der Waals surface area contributed by atoms with Gasteiger partial charge in [-0.3, -0.25) is 9.69 Å². The van der Waals surface area contributed by atoms with E-state index in [0.29, 0.717) is 18.0 Å². The molecule has 3 rings (SSSR count). The van der Waals surface area contributed by atoms with Crippen LogP contribution in [0.1, 0.15) is 38.5 Å². The number of methoxy groups -OCH3 is 1. The van der Waals surface area contributed by atoms with Gasteiger partial charge in [0.15, 0.2) is 0 Å². The van der Waals surface area contributed by atoms with Crippen LogP contribution in [0, 0.1) is 11.3 Å². The van der Waals surface area contributed by atoms with Crippen LogP contribution in [0.25, 0.3) is 0 Å². The van der Waals surface area contributed by atoms with Gasteiger partial charge in [0.1, 0.15) is 0 Å². The van der Waals surface area contributed by atoms with E-state index in [1.54, 1.807) is 12.0 Å². The molecular formula is C19H35N3O2. The summed E-state index contributed by atoms with van der Waals surface area (Å²) in [5.41, 5.74) is 0.409. The Morgan fingerprint density at radius 2 is 1.96 bits per heavy atom. The summed E-state index contributed by atoms with van der Waals surface area (Å²) in [4.78, 5) is 18.9. The van der Waals surface area contributed by atoms with Crippen LogP contribution in [0.15, 0.2) is 0 Å². The van der Waals surface area contributed by atoms with Crippen molar-refractivity contribution in [1.29, 1.82) is 0 Å². The normalized spacial score (nSPS) is 28.2. The lowest BCUT2D eigenvalue weighted by Crippen LogP contribution is -2.45. The molecule has 1 saturated carbocycles. The first-order valence-corrected chi connectivity index (χ1v) is 9.67. The SMILES string of the molecule is COCC1CC2(CCN(CC3CCC3)CC2)CN1CC(=O)N(C)C. The Hall–Kier alpha value is -0.650. The molecule has 1 unspecified atom stereocenters. The molecule has 0 radical (unpaired) electrons. The summed E-state index contributed by atoms with van der Waals surface area (Å²) in [6.45, 7) is 6.15. The molecule has 0 aromatic rings. The Morgan fingerprint density at radius 1 is 1.25 bits per heavy atom. The lowest BCUT2D eigenvalue weighted by Gasteiger charge is -2.42. The van der Waals surface area contributed by atoms with Crippen LogP contribution in [0.3, 0.4) is 0 Å². The van der Waals surface area contributed by atoms with Crippen LogP contribution < -0.4 is 0 Å². The molecule has 0 bridgehead atoms. The van der Waals surface area contributed by atoms with Crippen molar-refractivity contribution in [3.8, 4) is 0 Å². The Bertz CT molecular complexity index is 428. The molecule has 2 aliphatic heterocycles. The van der Waals surface area contributed by atoms with Crippen molar-refractivity contribution in [3.63, 3.8) is 0 Å². The van der Waals surface area contributed by atoms with Gasteiger partial charge in [-0.15, -0.1) is 0 Å². The van der Waals surface area contributed by atoms with Crippen molar-refractivity contribution < 1.29 is 9.53 Å². The number of ether oxygens (including phenoxy) is 1. The predicted molar refractivity (Wildman–Crippen MR) is 96.0 cm³/mol. The van der Waals surface area contributed by atoms with E-state index in [1.807, 2.05) is 14.1 Å². The molecule has 2 saturated heterocycles.